The van der Waals surface area contributed by atoms with E-state index in [4.69, 9.17) is 5.73 Å². The van der Waals surface area contributed by atoms with Gasteiger partial charge < -0.3 is 16.0 Å². The van der Waals surface area contributed by atoms with Crippen LogP contribution in [0.1, 0.15) is 79.6 Å². The number of nitrogens with two attached hydrogens (primary N) is 1. The van der Waals surface area contributed by atoms with Gasteiger partial charge in [0, 0.05) is 18.0 Å². The van der Waals surface area contributed by atoms with Crippen molar-refractivity contribution in [3.63, 3.8) is 0 Å². The van der Waals surface area contributed by atoms with E-state index < -0.39 is 11.5 Å². The molecule has 6 nitrogen and oxygen atoms in total. The quantitative estimate of drug-likeness (QED) is 0.753. The van der Waals surface area contributed by atoms with Gasteiger partial charge in [0.05, 0.1) is 5.69 Å². The van der Waals surface area contributed by atoms with Gasteiger partial charge in [0.2, 0.25) is 0 Å². The smallest absolute Gasteiger partial charge is 0.264 e. The average Bonchev–Trinajstić information content (AvgIpc) is 2.58. The Bertz CT molecular complexity index is 861. The molecule has 1 heterocycles. The van der Waals surface area contributed by atoms with Crippen LogP contribution in [0.5, 0.6) is 0 Å². The Hall–Kier alpha value is -2.47. The highest BCUT2D eigenvalue weighted by atomic mass is 16.2. The number of carbonyl (C=O) groups is 1. The highest BCUT2D eigenvalue weighted by Gasteiger charge is 2.22. The first-order valence-corrected chi connectivity index (χ1v) is 9.25. The number of aryl methyl sites for hydroxylation is 1. The lowest BCUT2D eigenvalue weighted by Crippen LogP contribution is -2.37. The minimum atomic E-state index is -0.462. The predicted molar refractivity (Wildman–Crippen MR) is 108 cm³/mol. The lowest BCUT2D eigenvalue weighted by molar-refractivity contribution is 0.0948. The van der Waals surface area contributed by atoms with Crippen molar-refractivity contribution in [2.75, 3.05) is 6.54 Å². The summed E-state index contributed by atoms with van der Waals surface area (Å²) in [7, 11) is 0. The van der Waals surface area contributed by atoms with Gasteiger partial charge in [0.25, 0.3) is 11.5 Å². The maximum atomic E-state index is 12.5. The largest absolute Gasteiger partial charge is 0.350 e. The molecule has 1 atom stereocenters. The van der Waals surface area contributed by atoms with Gasteiger partial charge in [-0.15, -0.1) is 0 Å². The van der Waals surface area contributed by atoms with Gasteiger partial charge in [-0.2, -0.15) is 0 Å². The third-order valence-corrected chi connectivity index (χ3v) is 4.55. The van der Waals surface area contributed by atoms with Crippen LogP contribution in [0.3, 0.4) is 0 Å². The van der Waals surface area contributed by atoms with E-state index in [0.717, 1.165) is 5.56 Å². The van der Waals surface area contributed by atoms with Gasteiger partial charge in [0.1, 0.15) is 11.4 Å². The third-order valence-electron chi connectivity index (χ3n) is 4.55. The van der Waals surface area contributed by atoms with Crippen LogP contribution in [0.2, 0.25) is 0 Å². The number of aromatic amines is 1. The van der Waals surface area contributed by atoms with Crippen molar-refractivity contribution >= 4 is 5.91 Å². The number of aromatic nitrogens is 2. The molecule has 6 heteroatoms. The van der Waals surface area contributed by atoms with Gasteiger partial charge in [-0.25, -0.2) is 4.98 Å². The molecule has 2 aromatic rings. The Labute approximate surface area is 160 Å². The fraction of sp³-hybridized carbons (Fsp3) is 0.476. The molecule has 2 rings (SSSR count). The maximum Gasteiger partial charge on any atom is 0.264 e. The third kappa shape index (κ3) is 5.04. The summed E-state index contributed by atoms with van der Waals surface area (Å²) in [6.07, 6.45) is 0. The first-order valence-electron chi connectivity index (χ1n) is 9.25. The van der Waals surface area contributed by atoms with Crippen LogP contribution in [0.15, 0.2) is 29.1 Å². The molecule has 0 saturated carbocycles. The van der Waals surface area contributed by atoms with E-state index in [2.05, 4.69) is 29.1 Å². The first-order chi connectivity index (χ1) is 12.5. The van der Waals surface area contributed by atoms with Crippen LogP contribution < -0.4 is 16.6 Å². The predicted octanol–water partition coefficient (Wildman–Crippen LogP) is 2.93. The normalized spacial score (nSPS) is 12.9. The number of amides is 1. The van der Waals surface area contributed by atoms with E-state index in [-0.39, 0.29) is 23.6 Å². The van der Waals surface area contributed by atoms with Crippen LogP contribution in [-0.2, 0) is 5.41 Å². The molecule has 0 fully saturated rings. The summed E-state index contributed by atoms with van der Waals surface area (Å²) >= 11 is 0. The van der Waals surface area contributed by atoms with E-state index in [1.807, 2.05) is 45.0 Å². The Morgan fingerprint density at radius 1 is 1.19 bits per heavy atom. The number of hydrogen-bond acceptors (Lipinski definition) is 4. The molecule has 0 aliphatic heterocycles. The van der Waals surface area contributed by atoms with Crippen molar-refractivity contribution in [3.8, 4) is 0 Å². The van der Waals surface area contributed by atoms with Crippen molar-refractivity contribution in [2.45, 2.75) is 58.9 Å². The van der Waals surface area contributed by atoms with Crippen molar-refractivity contribution < 1.29 is 4.79 Å². The summed E-state index contributed by atoms with van der Waals surface area (Å²) in [6.45, 7) is 12.0. The Kier molecular flexibility index (Phi) is 6.21. The summed E-state index contributed by atoms with van der Waals surface area (Å²) in [4.78, 5) is 32.0. The molecule has 0 saturated heterocycles. The summed E-state index contributed by atoms with van der Waals surface area (Å²) in [6, 6.07) is 7.70. The molecule has 1 unspecified atom stereocenters. The number of benzene rings is 1. The van der Waals surface area contributed by atoms with Crippen LogP contribution >= 0.6 is 0 Å². The molecular formula is C21H30N4O2. The zero-order valence-corrected chi connectivity index (χ0v) is 17.0. The van der Waals surface area contributed by atoms with Crippen LogP contribution in [0, 0.1) is 6.92 Å². The number of nitrogens with zero attached hydrogens (tertiary/aromatic N) is 1. The first kappa shape index (κ1) is 20.8. The molecule has 1 aromatic heterocycles. The Morgan fingerprint density at radius 3 is 2.22 bits per heavy atom. The molecular weight excluding hydrogens is 340 g/mol. The summed E-state index contributed by atoms with van der Waals surface area (Å²) < 4.78 is 0. The molecule has 0 radical (unpaired) electrons. The minimum absolute atomic E-state index is 0.0327. The summed E-state index contributed by atoms with van der Waals surface area (Å²) in [5, 5.41) is 2.75. The molecule has 4 N–H and O–H groups in total. The van der Waals surface area contributed by atoms with E-state index in [1.54, 1.807) is 6.92 Å². The lowest BCUT2D eigenvalue weighted by atomic mass is 9.95. The maximum absolute atomic E-state index is 12.5. The molecule has 0 aliphatic carbocycles. The lowest BCUT2D eigenvalue weighted by Gasteiger charge is -2.19. The standard InChI is InChI=1S/C21H30N4O2/c1-12(2)14-7-9-15(10-8-14)16(22)11-23-18(26)17-13(3)24-20(21(4,5)6)25-19(17)27/h7-10,12,16H,11,22H2,1-6H3,(H,23,26)(H,24,25,27). The van der Waals surface area contributed by atoms with E-state index in [1.165, 1.54) is 5.56 Å². The SMILES string of the molecule is Cc1nc(C(C)(C)C)[nH]c(=O)c1C(=O)NCC(N)c1ccc(C(C)C)cc1. The average molecular weight is 370 g/mol. The second-order valence-corrected chi connectivity index (χ2v) is 8.26. The van der Waals surface area contributed by atoms with Crippen molar-refractivity contribution in [1.29, 1.82) is 0 Å². The molecule has 0 bridgehead atoms. The van der Waals surface area contributed by atoms with E-state index >= 15 is 0 Å². The number of H-pyrrole nitrogens is 1. The molecule has 0 aliphatic rings. The summed E-state index contributed by atoms with van der Waals surface area (Å²) in [5.41, 5.74) is 8.08. The topological polar surface area (TPSA) is 101 Å². The van der Waals surface area contributed by atoms with Crippen molar-refractivity contribution in [3.05, 3.63) is 62.8 Å². The number of rotatable bonds is 5. The van der Waals surface area contributed by atoms with Crippen molar-refractivity contribution in [1.82, 2.24) is 15.3 Å². The van der Waals surface area contributed by atoms with Gasteiger partial charge in [-0.3, -0.25) is 9.59 Å². The van der Waals surface area contributed by atoms with Gasteiger partial charge in [-0.05, 0) is 24.0 Å². The van der Waals surface area contributed by atoms with E-state index in [9.17, 15) is 9.59 Å². The fourth-order valence-corrected chi connectivity index (χ4v) is 2.75. The van der Waals surface area contributed by atoms with Gasteiger partial charge in [-0.1, -0.05) is 58.9 Å². The van der Waals surface area contributed by atoms with E-state index in [0.29, 0.717) is 17.4 Å². The van der Waals surface area contributed by atoms with Crippen LogP contribution in [-0.4, -0.2) is 22.4 Å². The zero-order chi connectivity index (χ0) is 20.4. The number of hydrogen-bond donors (Lipinski definition) is 3. The highest BCUT2D eigenvalue weighted by molar-refractivity contribution is 5.94. The molecule has 0 spiro atoms. The Morgan fingerprint density at radius 2 is 1.74 bits per heavy atom. The number of carbonyl (C=O) groups excluding carboxylic acids is 1. The number of nitrogens with one attached hydrogen (secondary N) is 2. The second kappa shape index (κ2) is 8.05. The highest BCUT2D eigenvalue weighted by Crippen LogP contribution is 2.18. The van der Waals surface area contributed by atoms with Crippen LogP contribution in [0.4, 0.5) is 0 Å². The second-order valence-electron chi connectivity index (χ2n) is 8.26. The molecule has 1 aromatic carbocycles. The van der Waals surface area contributed by atoms with Gasteiger partial charge in [0.15, 0.2) is 0 Å². The fourth-order valence-electron chi connectivity index (χ4n) is 2.75. The van der Waals surface area contributed by atoms with Gasteiger partial charge >= 0.3 is 0 Å². The molecule has 146 valence electrons. The van der Waals surface area contributed by atoms with Crippen LogP contribution in [0.25, 0.3) is 0 Å². The van der Waals surface area contributed by atoms with Crippen molar-refractivity contribution in [2.24, 2.45) is 5.73 Å². The molecule has 27 heavy (non-hydrogen) atoms. The monoisotopic (exact) mass is 370 g/mol. The Balaban J connectivity index is 2.10. The zero-order valence-electron chi connectivity index (χ0n) is 17.0. The minimum Gasteiger partial charge on any atom is -0.350 e. The summed E-state index contributed by atoms with van der Waals surface area (Å²) in [5.74, 6) is 0.549. The molecule has 1 amide bonds.